The van der Waals surface area contributed by atoms with Gasteiger partial charge in [0.15, 0.2) is 23.1 Å². The summed E-state index contributed by atoms with van der Waals surface area (Å²) in [6.07, 6.45) is 7.58. The van der Waals surface area contributed by atoms with Crippen LogP contribution in [0.1, 0.15) is 5.69 Å². The molecule has 0 saturated heterocycles. The van der Waals surface area contributed by atoms with E-state index >= 15 is 0 Å². The minimum Gasteiger partial charge on any atom is -0.382 e. The molecular formula is C17H13N11. The Hall–Kier alpha value is -4.46. The van der Waals surface area contributed by atoms with Gasteiger partial charge in [-0.25, -0.2) is 24.5 Å². The smallest absolute Gasteiger partial charge is 0.252 e. The number of hydrogen-bond donors (Lipinski definition) is 1. The number of pyridine rings is 1. The van der Waals surface area contributed by atoms with Crippen LogP contribution in [0.25, 0.3) is 16.4 Å². The molecule has 0 aliphatic rings. The van der Waals surface area contributed by atoms with Crippen molar-refractivity contribution in [3.8, 4) is 11.5 Å². The Balaban J connectivity index is 1.76. The molecule has 0 aliphatic carbocycles. The van der Waals surface area contributed by atoms with E-state index in [4.69, 9.17) is 12.3 Å². The molecule has 0 atom stereocenters. The molecule has 28 heavy (non-hydrogen) atoms. The van der Waals surface area contributed by atoms with Crippen LogP contribution in [0.15, 0.2) is 59.5 Å². The third-order valence-corrected chi connectivity index (χ3v) is 3.81. The van der Waals surface area contributed by atoms with Crippen molar-refractivity contribution in [3.05, 3.63) is 66.4 Å². The third kappa shape index (κ3) is 2.95. The highest BCUT2D eigenvalue weighted by Gasteiger charge is 2.16. The van der Waals surface area contributed by atoms with E-state index in [2.05, 4.69) is 40.2 Å². The van der Waals surface area contributed by atoms with Crippen LogP contribution in [-0.4, -0.2) is 34.5 Å². The molecule has 4 aromatic heterocycles. The molecule has 0 aromatic carbocycles. The molecule has 0 radical (unpaired) electrons. The monoisotopic (exact) mass is 371 g/mol. The largest absolute Gasteiger partial charge is 0.382 e. The Morgan fingerprint density at radius 2 is 1.93 bits per heavy atom. The van der Waals surface area contributed by atoms with E-state index in [0.29, 0.717) is 28.7 Å². The van der Waals surface area contributed by atoms with Crippen molar-refractivity contribution >= 4 is 23.0 Å². The number of aryl methyl sites for hydroxylation is 1. The van der Waals surface area contributed by atoms with Gasteiger partial charge in [-0.15, -0.1) is 10.2 Å². The Kier molecular flexibility index (Phi) is 4.27. The fourth-order valence-corrected chi connectivity index (χ4v) is 2.51. The van der Waals surface area contributed by atoms with Crippen LogP contribution in [0.3, 0.4) is 0 Å². The van der Waals surface area contributed by atoms with Gasteiger partial charge >= 0.3 is 0 Å². The summed E-state index contributed by atoms with van der Waals surface area (Å²) in [5.74, 6) is 1.10. The fraction of sp³-hybridized carbons (Fsp3) is 0.0588. The SMILES string of the molecule is [C-]#[N+]c1cnn(-c2cncnc2)c1/N=N/c1c(C)nn(-c2ccccn2)c1N. The summed E-state index contributed by atoms with van der Waals surface area (Å²) in [5, 5.41) is 17.0. The third-order valence-electron chi connectivity index (χ3n) is 3.81. The number of nitrogen functional groups attached to an aromatic ring is 1. The fourth-order valence-electron chi connectivity index (χ4n) is 2.51. The van der Waals surface area contributed by atoms with E-state index in [1.807, 2.05) is 6.07 Å². The second-order valence-corrected chi connectivity index (χ2v) is 5.59. The maximum atomic E-state index is 7.33. The zero-order chi connectivity index (χ0) is 19.5. The number of nitrogens with zero attached hydrogens (tertiary/aromatic N) is 10. The van der Waals surface area contributed by atoms with Gasteiger partial charge in [-0.1, -0.05) is 6.07 Å². The first-order valence-electron chi connectivity index (χ1n) is 8.08. The van der Waals surface area contributed by atoms with Gasteiger partial charge < -0.3 is 5.73 Å². The molecule has 11 heteroatoms. The van der Waals surface area contributed by atoms with Crippen LogP contribution in [0, 0.1) is 13.5 Å². The summed E-state index contributed by atoms with van der Waals surface area (Å²) < 4.78 is 2.92. The number of nitrogens with two attached hydrogens (primary N) is 1. The van der Waals surface area contributed by atoms with E-state index in [1.54, 1.807) is 37.6 Å². The van der Waals surface area contributed by atoms with E-state index in [0.717, 1.165) is 0 Å². The van der Waals surface area contributed by atoms with Crippen molar-refractivity contribution < 1.29 is 0 Å². The molecule has 0 spiro atoms. The van der Waals surface area contributed by atoms with Crippen molar-refractivity contribution in [1.82, 2.24) is 34.5 Å². The molecule has 11 nitrogen and oxygen atoms in total. The zero-order valence-electron chi connectivity index (χ0n) is 14.7. The minimum absolute atomic E-state index is 0.237. The van der Waals surface area contributed by atoms with Crippen molar-refractivity contribution in [2.24, 2.45) is 10.2 Å². The van der Waals surface area contributed by atoms with Crippen LogP contribution < -0.4 is 5.73 Å². The van der Waals surface area contributed by atoms with Gasteiger partial charge in [0.2, 0.25) is 0 Å². The standard InChI is InChI=1S/C17H13N11/c1-11-15(16(18)28(26-11)14-5-3-4-6-22-14)24-25-17-13(19-2)9-23-27(17)12-7-20-10-21-8-12/h3-10H,18H2,1H3/b25-24+. The Morgan fingerprint density at radius 3 is 2.64 bits per heavy atom. The van der Waals surface area contributed by atoms with E-state index < -0.39 is 0 Å². The molecule has 4 aromatic rings. The zero-order valence-corrected chi connectivity index (χ0v) is 14.7. The molecule has 0 bridgehead atoms. The van der Waals surface area contributed by atoms with Crippen LogP contribution in [0.2, 0.25) is 0 Å². The number of aromatic nitrogens is 7. The predicted molar refractivity (Wildman–Crippen MR) is 100 cm³/mol. The first-order chi connectivity index (χ1) is 13.7. The van der Waals surface area contributed by atoms with Gasteiger partial charge in [0.1, 0.15) is 12.0 Å². The molecule has 0 fully saturated rings. The van der Waals surface area contributed by atoms with Crippen LogP contribution in [-0.2, 0) is 0 Å². The summed E-state index contributed by atoms with van der Waals surface area (Å²) in [6, 6.07) is 5.42. The average Bonchev–Trinajstić information content (AvgIpc) is 3.28. The lowest BCUT2D eigenvalue weighted by atomic mass is 10.4. The molecule has 4 rings (SSSR count). The molecule has 4 heterocycles. The topological polar surface area (TPSA) is 129 Å². The van der Waals surface area contributed by atoms with Gasteiger partial charge in [-0.2, -0.15) is 14.9 Å². The summed E-state index contributed by atoms with van der Waals surface area (Å²) in [4.78, 5) is 15.6. The predicted octanol–water partition coefficient (Wildman–Crippen LogP) is 3.10. The number of hydrogen-bond acceptors (Lipinski definition) is 8. The van der Waals surface area contributed by atoms with Gasteiger partial charge in [0.05, 0.1) is 30.9 Å². The van der Waals surface area contributed by atoms with Gasteiger partial charge in [0, 0.05) is 6.20 Å². The highest BCUT2D eigenvalue weighted by molar-refractivity contribution is 5.66. The van der Waals surface area contributed by atoms with E-state index in [1.165, 1.54) is 21.9 Å². The van der Waals surface area contributed by atoms with Crippen LogP contribution in [0.5, 0.6) is 0 Å². The normalized spacial score (nSPS) is 11.0. The van der Waals surface area contributed by atoms with E-state index in [-0.39, 0.29) is 11.5 Å². The first kappa shape index (κ1) is 17.0. The highest BCUT2D eigenvalue weighted by atomic mass is 15.4. The van der Waals surface area contributed by atoms with Crippen molar-refractivity contribution in [1.29, 1.82) is 0 Å². The molecule has 0 aliphatic heterocycles. The Bertz CT molecular complexity index is 1180. The van der Waals surface area contributed by atoms with Gasteiger partial charge in [-0.05, 0) is 19.1 Å². The molecule has 0 saturated carbocycles. The van der Waals surface area contributed by atoms with Crippen LogP contribution in [0.4, 0.5) is 23.0 Å². The van der Waals surface area contributed by atoms with Crippen molar-refractivity contribution in [2.45, 2.75) is 6.92 Å². The second-order valence-electron chi connectivity index (χ2n) is 5.59. The summed E-state index contributed by atoms with van der Waals surface area (Å²) in [7, 11) is 0. The second kappa shape index (κ2) is 7.04. The average molecular weight is 371 g/mol. The Morgan fingerprint density at radius 1 is 1.11 bits per heavy atom. The quantitative estimate of drug-likeness (QED) is 0.433. The summed E-state index contributed by atoms with van der Waals surface area (Å²) in [6.45, 7) is 9.10. The number of azo groups is 1. The maximum absolute atomic E-state index is 7.33. The number of rotatable bonds is 4. The lowest BCUT2D eigenvalue weighted by Crippen LogP contribution is -2.03. The van der Waals surface area contributed by atoms with Crippen LogP contribution >= 0.6 is 0 Å². The van der Waals surface area contributed by atoms with Gasteiger partial charge in [-0.3, -0.25) is 0 Å². The Labute approximate surface area is 159 Å². The van der Waals surface area contributed by atoms with Crippen molar-refractivity contribution in [3.63, 3.8) is 0 Å². The molecule has 0 amide bonds. The molecular weight excluding hydrogens is 358 g/mol. The summed E-state index contributed by atoms with van der Waals surface area (Å²) in [5.41, 5.74) is 7.95. The highest BCUT2D eigenvalue weighted by Crippen LogP contribution is 2.34. The van der Waals surface area contributed by atoms with Gasteiger partial charge in [0.25, 0.3) is 5.69 Å². The van der Waals surface area contributed by atoms with E-state index in [9.17, 15) is 0 Å². The molecule has 0 unspecified atom stereocenters. The number of anilines is 1. The minimum atomic E-state index is 0.237. The first-order valence-corrected chi connectivity index (χ1v) is 8.08. The van der Waals surface area contributed by atoms with Crippen molar-refractivity contribution in [2.75, 3.05) is 5.73 Å². The summed E-state index contributed by atoms with van der Waals surface area (Å²) >= 11 is 0. The molecule has 136 valence electrons. The maximum Gasteiger partial charge on any atom is 0.252 e. The lowest BCUT2D eigenvalue weighted by Gasteiger charge is -2.03. The lowest BCUT2D eigenvalue weighted by molar-refractivity contribution is 0.841. The molecule has 2 N–H and O–H groups in total.